The molecule has 0 radical (unpaired) electrons. The molecule has 0 spiro atoms. The molecule has 0 fully saturated rings. The van der Waals surface area contributed by atoms with E-state index in [0.717, 1.165) is 0 Å². The molecule has 1 aromatic heterocycles. The summed E-state index contributed by atoms with van der Waals surface area (Å²) in [4.78, 5) is 0. The normalized spacial score (nSPS) is 9.29. The Labute approximate surface area is 54.1 Å². The predicted molar refractivity (Wildman–Crippen MR) is 32.3 cm³/mol. The number of H-pyrrole nitrogens is 1. The van der Waals surface area contributed by atoms with Crippen LogP contribution in [0.5, 0.6) is 0 Å². The fourth-order valence-electron chi connectivity index (χ4n) is 0.212. The lowest BCUT2D eigenvalue weighted by Gasteiger charge is -1.59. The molecule has 1 rings (SSSR count). The van der Waals surface area contributed by atoms with Crippen LogP contribution < -0.4 is 0 Å². The second-order valence-corrected chi connectivity index (χ2v) is 3.11. The Balaban J connectivity index is 3.30. The zero-order valence-corrected chi connectivity index (χ0v) is 5.53. The monoisotopic (exact) mass is 152 g/mol. The van der Waals surface area contributed by atoms with E-state index in [0.29, 0.717) is 8.42 Å². The maximum atomic E-state index is 5.37. The van der Waals surface area contributed by atoms with Crippen molar-refractivity contribution in [1.29, 1.82) is 0 Å². The van der Waals surface area contributed by atoms with Crippen molar-refractivity contribution in [3.8, 4) is 0 Å². The van der Waals surface area contributed by atoms with E-state index in [1.54, 1.807) is 0 Å². The van der Waals surface area contributed by atoms with E-state index in [9.17, 15) is 0 Å². The molecule has 0 saturated heterocycles. The van der Waals surface area contributed by atoms with E-state index < -0.39 is 0 Å². The number of nitrogens with zero attached hydrogens (tertiary/aromatic N) is 1. The van der Waals surface area contributed by atoms with Crippen LogP contribution in [0, 0.1) is 3.95 Å². The second kappa shape index (κ2) is 1.90. The summed E-state index contributed by atoms with van der Waals surface area (Å²) in [6.07, 6.45) is 0. The fraction of sp³-hybridized carbons (Fsp3) is 0. The highest BCUT2D eigenvalue weighted by molar-refractivity contribution is 7.73. The van der Waals surface area contributed by atoms with Crippen molar-refractivity contribution in [2.24, 2.45) is 0 Å². The lowest BCUT2D eigenvalue weighted by molar-refractivity contribution is 1.08. The lowest BCUT2D eigenvalue weighted by atomic mass is 11.6. The molecule has 0 unspecified atom stereocenters. The highest BCUT2D eigenvalue weighted by Crippen LogP contribution is 2.09. The van der Waals surface area contributed by atoms with Crippen LogP contribution in [0.3, 0.4) is 0 Å². The molecule has 1 aromatic rings. The van der Waals surface area contributed by atoms with Gasteiger partial charge in [0.05, 0.1) is 0 Å². The van der Waals surface area contributed by atoms with Gasteiger partial charge in [0, 0.05) is 0 Å². The summed E-state index contributed by atoms with van der Waals surface area (Å²) in [7, 11) is 0. The lowest BCUT2D eigenvalue weighted by Crippen LogP contribution is -1.60. The van der Waals surface area contributed by atoms with Crippen molar-refractivity contribution in [3.05, 3.63) is 8.42 Å². The third-order valence-electron chi connectivity index (χ3n) is 0.412. The summed E-state index contributed by atoms with van der Waals surface area (Å²) in [6, 6.07) is 0. The zero-order chi connectivity index (χ0) is 5.28. The van der Waals surface area contributed by atoms with Gasteiger partial charge >= 0.3 is 0 Å². The van der Waals surface area contributed by atoms with Crippen LogP contribution in [-0.4, -0.2) is 10.2 Å². The van der Waals surface area contributed by atoms with Crippen molar-refractivity contribution < 1.29 is 0 Å². The van der Waals surface area contributed by atoms with Crippen LogP contribution in [0.15, 0.2) is 0 Å². The zero-order valence-electron chi connectivity index (χ0n) is 3.14. The molecule has 5 heteroatoms. The molecule has 1 heterocycles. The molecule has 0 bridgehead atoms. The number of rotatable bonds is 0. The molecule has 0 amide bonds. The van der Waals surface area contributed by atoms with Crippen molar-refractivity contribution in [3.63, 3.8) is 0 Å². The molecular formula is C2HClN2S2. The Kier molecular flexibility index (Phi) is 1.41. The Morgan fingerprint density at radius 1 is 1.86 bits per heavy atom. The average molecular weight is 153 g/mol. The quantitative estimate of drug-likeness (QED) is 0.575. The molecular weight excluding hydrogens is 152 g/mol. The standard InChI is InChI=1S/C2HClN2S2/c3-1-4-5-2(6)7-1/h(H,5,6). The van der Waals surface area contributed by atoms with Crippen molar-refractivity contribution in [1.82, 2.24) is 10.2 Å². The smallest absolute Gasteiger partial charge is 0.205 e. The van der Waals surface area contributed by atoms with Gasteiger partial charge in [-0.1, -0.05) is 11.3 Å². The van der Waals surface area contributed by atoms with Crippen LogP contribution in [0.1, 0.15) is 0 Å². The van der Waals surface area contributed by atoms with E-state index in [-0.39, 0.29) is 0 Å². The maximum Gasteiger partial charge on any atom is 0.205 e. The summed E-state index contributed by atoms with van der Waals surface area (Å²) in [6.45, 7) is 0. The summed E-state index contributed by atoms with van der Waals surface area (Å²) < 4.78 is 1.08. The SMILES string of the molecule is S=c1[nH]nc(Cl)s1. The number of aromatic amines is 1. The first-order valence-electron chi connectivity index (χ1n) is 1.50. The van der Waals surface area contributed by atoms with Gasteiger partial charge < -0.3 is 0 Å². The molecule has 0 atom stereocenters. The summed E-state index contributed by atoms with van der Waals surface area (Å²) >= 11 is 11.3. The fourth-order valence-corrected chi connectivity index (χ4v) is 1.24. The van der Waals surface area contributed by atoms with E-state index >= 15 is 0 Å². The highest BCUT2D eigenvalue weighted by Gasteiger charge is 1.85. The number of nitrogens with one attached hydrogen (secondary N) is 1. The van der Waals surface area contributed by atoms with Gasteiger partial charge in [-0.05, 0) is 23.8 Å². The molecule has 38 valence electrons. The van der Waals surface area contributed by atoms with E-state index in [2.05, 4.69) is 22.4 Å². The van der Waals surface area contributed by atoms with Gasteiger partial charge in [0.2, 0.25) is 4.47 Å². The van der Waals surface area contributed by atoms with Crippen molar-refractivity contribution in [2.45, 2.75) is 0 Å². The number of aromatic nitrogens is 2. The molecule has 7 heavy (non-hydrogen) atoms. The summed E-state index contributed by atoms with van der Waals surface area (Å²) in [5, 5.41) is 6.09. The van der Waals surface area contributed by atoms with Crippen LogP contribution in [0.4, 0.5) is 0 Å². The number of halogens is 1. The van der Waals surface area contributed by atoms with E-state index in [1.807, 2.05) is 0 Å². The van der Waals surface area contributed by atoms with Crippen LogP contribution in [0.2, 0.25) is 4.47 Å². The predicted octanol–water partition coefficient (Wildman–Crippen LogP) is 1.85. The first kappa shape index (κ1) is 5.21. The third-order valence-corrected chi connectivity index (χ3v) is 1.61. The topological polar surface area (TPSA) is 28.7 Å². The van der Waals surface area contributed by atoms with E-state index in [1.165, 1.54) is 11.3 Å². The minimum atomic E-state index is 0.463. The Bertz CT molecular complexity index is 201. The molecule has 0 aliphatic carbocycles. The molecule has 0 aromatic carbocycles. The average Bonchev–Trinajstić information content (AvgIpc) is 1.87. The van der Waals surface area contributed by atoms with Gasteiger partial charge in [0.25, 0.3) is 0 Å². The molecule has 0 aliphatic rings. The second-order valence-electron chi connectivity index (χ2n) is 0.866. The van der Waals surface area contributed by atoms with Crippen molar-refractivity contribution >= 4 is 35.2 Å². The minimum absolute atomic E-state index is 0.463. The van der Waals surface area contributed by atoms with Gasteiger partial charge in [-0.2, -0.15) is 5.10 Å². The molecule has 1 N–H and O–H groups in total. The van der Waals surface area contributed by atoms with Gasteiger partial charge in [-0.25, -0.2) is 0 Å². The Morgan fingerprint density at radius 3 is 2.71 bits per heavy atom. The van der Waals surface area contributed by atoms with Crippen LogP contribution in [-0.2, 0) is 0 Å². The Morgan fingerprint density at radius 2 is 2.57 bits per heavy atom. The number of hydrogen-bond donors (Lipinski definition) is 1. The summed E-state index contributed by atoms with van der Waals surface area (Å²) in [5.74, 6) is 0. The first-order chi connectivity index (χ1) is 3.29. The van der Waals surface area contributed by atoms with E-state index in [4.69, 9.17) is 11.6 Å². The van der Waals surface area contributed by atoms with Gasteiger partial charge in [-0.3, -0.25) is 5.10 Å². The summed E-state index contributed by atoms with van der Waals surface area (Å²) in [5.41, 5.74) is 0. The van der Waals surface area contributed by atoms with Crippen LogP contribution >= 0.6 is 35.2 Å². The van der Waals surface area contributed by atoms with Gasteiger partial charge in [0.1, 0.15) is 0 Å². The van der Waals surface area contributed by atoms with Crippen LogP contribution in [0.25, 0.3) is 0 Å². The molecule has 0 saturated carbocycles. The van der Waals surface area contributed by atoms with Gasteiger partial charge in [-0.15, -0.1) is 0 Å². The van der Waals surface area contributed by atoms with Crippen molar-refractivity contribution in [2.75, 3.05) is 0 Å². The largest absolute Gasteiger partial charge is 0.257 e. The van der Waals surface area contributed by atoms with Gasteiger partial charge in [0.15, 0.2) is 3.95 Å². The molecule has 0 aliphatic heterocycles. The minimum Gasteiger partial charge on any atom is -0.257 e. The highest BCUT2D eigenvalue weighted by atomic mass is 35.5. The maximum absolute atomic E-state index is 5.37. The first-order valence-corrected chi connectivity index (χ1v) is 3.10. The third kappa shape index (κ3) is 1.22. The Hall–Kier alpha value is 0.0700. The molecule has 2 nitrogen and oxygen atoms in total. The number of hydrogen-bond acceptors (Lipinski definition) is 3.